The fourth-order valence-corrected chi connectivity index (χ4v) is 0.708. The summed E-state index contributed by atoms with van der Waals surface area (Å²) >= 11 is 0. The highest BCUT2D eigenvalue weighted by atomic mass is 16.6. The van der Waals surface area contributed by atoms with Gasteiger partial charge in [-0.25, -0.2) is 4.79 Å². The van der Waals surface area contributed by atoms with Gasteiger partial charge in [-0.3, -0.25) is 0 Å². The number of esters is 1. The van der Waals surface area contributed by atoms with Crippen molar-refractivity contribution in [1.82, 2.24) is 0 Å². The third-order valence-corrected chi connectivity index (χ3v) is 1.20. The lowest BCUT2D eigenvalue weighted by Crippen LogP contribution is -2.12. The van der Waals surface area contributed by atoms with Gasteiger partial charge in [-0.05, 0) is 0 Å². The molecule has 56 valence electrons. The standard InChI is InChI=1S/C6H8O4/c1-9-5-2-4(3-7)10-6(5)8/h2,4,7H,3H2,1H3/t4-/m0/s1. The first-order chi connectivity index (χ1) is 4.77. The van der Waals surface area contributed by atoms with Crippen molar-refractivity contribution in [2.24, 2.45) is 0 Å². The quantitative estimate of drug-likeness (QED) is 0.527. The summed E-state index contributed by atoms with van der Waals surface area (Å²) < 4.78 is 9.24. The number of methoxy groups -OCH3 is 1. The number of carbonyl (C=O) groups excluding carboxylic acids is 1. The number of aliphatic hydroxyl groups excluding tert-OH is 1. The number of aliphatic hydroxyl groups is 1. The SMILES string of the molecule is COC1=C[C@@H](CO)OC1=O. The normalized spacial score (nSPS) is 24.0. The Bertz CT molecular complexity index is 173. The number of rotatable bonds is 2. The Kier molecular flexibility index (Phi) is 1.91. The van der Waals surface area contributed by atoms with Crippen LogP contribution in [0.15, 0.2) is 11.8 Å². The van der Waals surface area contributed by atoms with Crippen LogP contribution in [0.25, 0.3) is 0 Å². The van der Waals surface area contributed by atoms with Gasteiger partial charge in [-0.1, -0.05) is 0 Å². The highest BCUT2D eigenvalue weighted by Crippen LogP contribution is 2.12. The second-order valence-electron chi connectivity index (χ2n) is 1.86. The first kappa shape index (κ1) is 7.08. The maximum Gasteiger partial charge on any atom is 0.374 e. The molecular weight excluding hydrogens is 136 g/mol. The zero-order chi connectivity index (χ0) is 7.56. The molecule has 0 fully saturated rings. The van der Waals surface area contributed by atoms with Crippen LogP contribution in [0.3, 0.4) is 0 Å². The Morgan fingerprint density at radius 2 is 2.60 bits per heavy atom. The summed E-state index contributed by atoms with van der Waals surface area (Å²) in [5, 5.41) is 8.52. The molecule has 0 amide bonds. The average Bonchev–Trinajstić information content (AvgIpc) is 2.30. The summed E-state index contributed by atoms with van der Waals surface area (Å²) in [5.74, 6) is -0.347. The van der Waals surface area contributed by atoms with Gasteiger partial charge in [-0.15, -0.1) is 0 Å². The van der Waals surface area contributed by atoms with E-state index in [1.807, 2.05) is 0 Å². The summed E-state index contributed by atoms with van der Waals surface area (Å²) in [6.45, 7) is -0.196. The predicted octanol–water partition coefficient (Wildman–Crippen LogP) is -0.566. The van der Waals surface area contributed by atoms with E-state index in [9.17, 15) is 4.79 Å². The zero-order valence-corrected chi connectivity index (χ0v) is 5.53. The number of ether oxygens (including phenoxy) is 2. The van der Waals surface area contributed by atoms with Gasteiger partial charge in [0.1, 0.15) is 6.10 Å². The van der Waals surface area contributed by atoms with Gasteiger partial charge in [0.2, 0.25) is 5.76 Å². The lowest BCUT2D eigenvalue weighted by molar-refractivity contribution is -0.143. The lowest BCUT2D eigenvalue weighted by Gasteiger charge is -2.00. The Balaban J connectivity index is 2.63. The second kappa shape index (κ2) is 2.70. The van der Waals surface area contributed by atoms with Crippen molar-refractivity contribution < 1.29 is 19.4 Å². The molecular formula is C6H8O4. The van der Waals surface area contributed by atoms with E-state index in [1.54, 1.807) is 0 Å². The van der Waals surface area contributed by atoms with Crippen molar-refractivity contribution in [1.29, 1.82) is 0 Å². The van der Waals surface area contributed by atoms with E-state index in [0.29, 0.717) is 0 Å². The summed E-state index contributed by atoms with van der Waals surface area (Å²) in [5.41, 5.74) is 0. The van der Waals surface area contributed by atoms with Crippen LogP contribution in [0.1, 0.15) is 0 Å². The van der Waals surface area contributed by atoms with Crippen LogP contribution in [-0.2, 0) is 14.3 Å². The number of hydrogen-bond donors (Lipinski definition) is 1. The predicted molar refractivity (Wildman–Crippen MR) is 32.1 cm³/mol. The van der Waals surface area contributed by atoms with Crippen LogP contribution < -0.4 is 0 Å². The summed E-state index contributed by atoms with van der Waals surface area (Å²) in [7, 11) is 1.38. The third kappa shape index (κ3) is 1.11. The summed E-state index contributed by atoms with van der Waals surface area (Å²) in [6, 6.07) is 0. The highest BCUT2D eigenvalue weighted by Gasteiger charge is 2.25. The van der Waals surface area contributed by atoms with Gasteiger partial charge < -0.3 is 14.6 Å². The summed E-state index contributed by atoms with van der Waals surface area (Å²) in [4.78, 5) is 10.6. The fourth-order valence-electron chi connectivity index (χ4n) is 0.708. The number of hydrogen-bond acceptors (Lipinski definition) is 4. The van der Waals surface area contributed by atoms with Crippen molar-refractivity contribution in [3.8, 4) is 0 Å². The molecule has 0 saturated heterocycles. The molecule has 1 rings (SSSR count). The fraction of sp³-hybridized carbons (Fsp3) is 0.500. The molecule has 1 atom stereocenters. The minimum Gasteiger partial charge on any atom is -0.490 e. The van der Waals surface area contributed by atoms with Crippen LogP contribution in [0.5, 0.6) is 0 Å². The highest BCUT2D eigenvalue weighted by molar-refractivity contribution is 5.88. The van der Waals surface area contributed by atoms with Crippen molar-refractivity contribution in [2.45, 2.75) is 6.10 Å². The minimum absolute atomic E-state index is 0.166. The molecule has 0 aliphatic carbocycles. The van der Waals surface area contributed by atoms with Crippen molar-refractivity contribution >= 4 is 5.97 Å². The van der Waals surface area contributed by atoms with Gasteiger partial charge in [0.05, 0.1) is 13.7 Å². The molecule has 0 saturated carbocycles. The van der Waals surface area contributed by atoms with E-state index in [1.165, 1.54) is 13.2 Å². The van der Waals surface area contributed by atoms with E-state index in [2.05, 4.69) is 9.47 Å². The number of carbonyl (C=O) groups is 1. The first-order valence-electron chi connectivity index (χ1n) is 2.85. The van der Waals surface area contributed by atoms with E-state index in [0.717, 1.165) is 0 Å². The first-order valence-corrected chi connectivity index (χ1v) is 2.85. The van der Waals surface area contributed by atoms with Crippen LogP contribution in [0.4, 0.5) is 0 Å². The van der Waals surface area contributed by atoms with Gasteiger partial charge in [0, 0.05) is 6.08 Å². The van der Waals surface area contributed by atoms with E-state index in [4.69, 9.17) is 5.11 Å². The Morgan fingerprint density at radius 1 is 1.90 bits per heavy atom. The molecule has 0 aromatic heterocycles. The molecule has 0 spiro atoms. The van der Waals surface area contributed by atoms with Crippen LogP contribution >= 0.6 is 0 Å². The zero-order valence-electron chi connectivity index (χ0n) is 5.53. The van der Waals surface area contributed by atoms with Gasteiger partial charge in [-0.2, -0.15) is 0 Å². The lowest BCUT2D eigenvalue weighted by atomic mass is 10.3. The maximum atomic E-state index is 10.6. The van der Waals surface area contributed by atoms with Gasteiger partial charge in [0.15, 0.2) is 0 Å². The number of cyclic esters (lactones) is 1. The molecule has 0 bridgehead atoms. The average molecular weight is 144 g/mol. The van der Waals surface area contributed by atoms with E-state index < -0.39 is 12.1 Å². The smallest absolute Gasteiger partial charge is 0.374 e. The molecule has 0 radical (unpaired) electrons. The molecule has 1 aliphatic heterocycles. The molecule has 0 aromatic carbocycles. The molecule has 1 heterocycles. The summed E-state index contributed by atoms with van der Waals surface area (Å²) in [6.07, 6.45) is 0.921. The topological polar surface area (TPSA) is 55.8 Å². The molecule has 0 aromatic rings. The Morgan fingerprint density at radius 3 is 2.90 bits per heavy atom. The van der Waals surface area contributed by atoms with Crippen LogP contribution in [0.2, 0.25) is 0 Å². The minimum atomic E-state index is -0.526. The van der Waals surface area contributed by atoms with Crippen molar-refractivity contribution in [2.75, 3.05) is 13.7 Å². The molecule has 4 heteroatoms. The molecule has 0 unspecified atom stereocenters. The van der Waals surface area contributed by atoms with Gasteiger partial charge in [0.25, 0.3) is 0 Å². The Hall–Kier alpha value is -1.03. The third-order valence-electron chi connectivity index (χ3n) is 1.20. The monoisotopic (exact) mass is 144 g/mol. The molecule has 4 nitrogen and oxygen atoms in total. The van der Waals surface area contributed by atoms with Crippen molar-refractivity contribution in [3.63, 3.8) is 0 Å². The molecule has 1 aliphatic rings. The molecule has 10 heavy (non-hydrogen) atoms. The van der Waals surface area contributed by atoms with Crippen molar-refractivity contribution in [3.05, 3.63) is 11.8 Å². The van der Waals surface area contributed by atoms with Crippen LogP contribution in [-0.4, -0.2) is 30.9 Å². The van der Waals surface area contributed by atoms with E-state index in [-0.39, 0.29) is 12.4 Å². The van der Waals surface area contributed by atoms with Crippen LogP contribution in [0, 0.1) is 0 Å². The maximum absolute atomic E-state index is 10.6. The van der Waals surface area contributed by atoms with E-state index >= 15 is 0 Å². The second-order valence-corrected chi connectivity index (χ2v) is 1.86. The van der Waals surface area contributed by atoms with Gasteiger partial charge >= 0.3 is 5.97 Å². The Labute approximate surface area is 58.1 Å². The largest absolute Gasteiger partial charge is 0.490 e. The molecule has 1 N–H and O–H groups in total.